The standard InChI is InChI=1S/C26H34N2S.C2H6/c1-18-13-23(14-21(17-27)19(18)2)25(3,4)22-9-7-20(8-10-22)11-12-26(5)15-24(16-26)28-29-6;1-2/h7-10,13-14,24,28H,11-12,15-16H2,1-6H3;1-2H3. The Balaban J connectivity index is 0.00000166. The van der Waals surface area contributed by atoms with E-state index in [1.165, 1.54) is 41.5 Å². The molecule has 0 spiro atoms. The first kappa shape index (κ1) is 25.5. The van der Waals surface area contributed by atoms with Gasteiger partial charge in [0, 0.05) is 11.5 Å². The highest BCUT2D eigenvalue weighted by Gasteiger charge is 2.39. The monoisotopic (exact) mass is 436 g/mol. The maximum absolute atomic E-state index is 9.48. The lowest BCUT2D eigenvalue weighted by Crippen LogP contribution is -2.45. The molecule has 3 heteroatoms. The summed E-state index contributed by atoms with van der Waals surface area (Å²) in [5.41, 5.74) is 7.34. The molecule has 0 unspecified atom stereocenters. The normalized spacial score (nSPS) is 20.3. The van der Waals surface area contributed by atoms with E-state index in [-0.39, 0.29) is 5.41 Å². The molecule has 1 saturated carbocycles. The van der Waals surface area contributed by atoms with Crippen molar-refractivity contribution in [2.24, 2.45) is 5.41 Å². The van der Waals surface area contributed by atoms with Crippen LogP contribution in [0.25, 0.3) is 0 Å². The van der Waals surface area contributed by atoms with E-state index in [9.17, 15) is 5.26 Å². The van der Waals surface area contributed by atoms with Crippen molar-refractivity contribution >= 4 is 11.9 Å². The molecular weight excluding hydrogens is 396 g/mol. The van der Waals surface area contributed by atoms with E-state index in [1.54, 1.807) is 11.9 Å². The lowest BCUT2D eigenvalue weighted by molar-refractivity contribution is 0.109. The fraction of sp³-hybridized carbons (Fsp3) is 0.536. The Hall–Kier alpha value is -1.76. The number of hydrogen-bond donors (Lipinski definition) is 1. The Morgan fingerprint density at radius 2 is 1.71 bits per heavy atom. The molecule has 31 heavy (non-hydrogen) atoms. The molecule has 168 valence electrons. The maximum atomic E-state index is 9.48. The van der Waals surface area contributed by atoms with E-state index in [2.05, 4.69) is 81.1 Å². The molecule has 0 radical (unpaired) electrons. The zero-order chi connectivity index (χ0) is 23.2. The minimum absolute atomic E-state index is 0.126. The number of nitriles is 1. The smallest absolute Gasteiger partial charge is 0.0994 e. The second-order valence-electron chi connectivity index (χ2n) is 9.64. The summed E-state index contributed by atoms with van der Waals surface area (Å²) in [4.78, 5) is 0. The summed E-state index contributed by atoms with van der Waals surface area (Å²) in [6.45, 7) is 15.1. The SMILES string of the molecule is CC.CSNC1CC(C)(CCc2ccc(C(C)(C)c3cc(C)c(C)c(C#N)c3)cc2)C1. The summed E-state index contributed by atoms with van der Waals surface area (Å²) >= 11 is 1.74. The molecule has 3 rings (SSSR count). The molecule has 1 aliphatic carbocycles. The van der Waals surface area contributed by atoms with Crippen molar-refractivity contribution in [3.8, 4) is 6.07 Å². The third-order valence-corrected chi connectivity index (χ3v) is 7.53. The number of nitrogens with zero attached hydrogens (tertiary/aromatic N) is 1. The predicted molar refractivity (Wildman–Crippen MR) is 137 cm³/mol. The topological polar surface area (TPSA) is 35.8 Å². The molecule has 2 aromatic carbocycles. The van der Waals surface area contributed by atoms with Crippen LogP contribution in [0.1, 0.15) is 87.3 Å². The van der Waals surface area contributed by atoms with Gasteiger partial charge in [-0.15, -0.1) is 0 Å². The van der Waals surface area contributed by atoms with E-state index in [4.69, 9.17) is 0 Å². The Labute approximate surface area is 195 Å². The summed E-state index contributed by atoms with van der Waals surface area (Å²) in [5.74, 6) is 0. The number of aryl methyl sites for hydroxylation is 2. The van der Waals surface area contributed by atoms with Crippen molar-refractivity contribution in [3.63, 3.8) is 0 Å². The van der Waals surface area contributed by atoms with Gasteiger partial charge in [0.1, 0.15) is 0 Å². The lowest BCUT2D eigenvalue weighted by atomic mass is 9.64. The van der Waals surface area contributed by atoms with Gasteiger partial charge in [0.15, 0.2) is 0 Å². The summed E-state index contributed by atoms with van der Waals surface area (Å²) in [6, 6.07) is 16.5. The molecule has 1 N–H and O–H groups in total. The Bertz CT molecular complexity index is 900. The molecule has 0 heterocycles. The molecule has 0 bridgehead atoms. The minimum atomic E-state index is -0.126. The highest BCUT2D eigenvalue weighted by Crippen LogP contribution is 2.45. The van der Waals surface area contributed by atoms with E-state index < -0.39 is 0 Å². The number of benzene rings is 2. The average molecular weight is 437 g/mol. The molecule has 2 nitrogen and oxygen atoms in total. The highest BCUT2D eigenvalue weighted by molar-refractivity contribution is 7.96. The number of rotatable bonds is 7. The zero-order valence-corrected chi connectivity index (χ0v) is 21.5. The third-order valence-electron chi connectivity index (χ3n) is 6.97. The van der Waals surface area contributed by atoms with Crippen LogP contribution in [0.4, 0.5) is 0 Å². The quantitative estimate of drug-likeness (QED) is 0.456. The number of hydrogen-bond acceptors (Lipinski definition) is 3. The van der Waals surface area contributed by atoms with Gasteiger partial charge in [-0.05, 0) is 85.1 Å². The first-order valence-corrected chi connectivity index (χ1v) is 12.8. The molecule has 0 aliphatic heterocycles. The summed E-state index contributed by atoms with van der Waals surface area (Å²) in [7, 11) is 0. The zero-order valence-electron chi connectivity index (χ0n) is 20.7. The van der Waals surface area contributed by atoms with Crippen LogP contribution >= 0.6 is 11.9 Å². The first-order valence-electron chi connectivity index (χ1n) is 11.6. The molecule has 2 aromatic rings. The van der Waals surface area contributed by atoms with Crippen molar-refractivity contribution in [1.82, 2.24) is 4.72 Å². The Morgan fingerprint density at radius 3 is 2.26 bits per heavy atom. The molecule has 0 saturated heterocycles. The largest absolute Gasteiger partial charge is 0.261 e. The maximum Gasteiger partial charge on any atom is 0.0994 e. The molecule has 0 aromatic heterocycles. The van der Waals surface area contributed by atoms with Gasteiger partial charge in [-0.25, -0.2) is 0 Å². The van der Waals surface area contributed by atoms with E-state index in [0.29, 0.717) is 11.5 Å². The van der Waals surface area contributed by atoms with E-state index in [1.807, 2.05) is 20.8 Å². The number of nitrogens with one attached hydrogen (secondary N) is 1. The van der Waals surface area contributed by atoms with Gasteiger partial charge in [0.25, 0.3) is 0 Å². The van der Waals surface area contributed by atoms with Crippen molar-refractivity contribution in [3.05, 3.63) is 69.8 Å². The molecule has 0 amide bonds. The van der Waals surface area contributed by atoms with E-state index in [0.717, 1.165) is 17.5 Å². The second kappa shape index (κ2) is 10.7. The van der Waals surface area contributed by atoms with Gasteiger partial charge in [-0.2, -0.15) is 5.26 Å². The molecule has 1 fully saturated rings. The van der Waals surface area contributed by atoms with Gasteiger partial charge in [0.05, 0.1) is 11.6 Å². The molecule has 1 aliphatic rings. The van der Waals surface area contributed by atoms with Crippen molar-refractivity contribution in [2.75, 3.05) is 6.26 Å². The van der Waals surface area contributed by atoms with Crippen molar-refractivity contribution in [2.45, 2.75) is 85.6 Å². The van der Waals surface area contributed by atoms with Crippen LogP contribution in [0.3, 0.4) is 0 Å². The predicted octanol–water partition coefficient (Wildman–Crippen LogP) is 7.50. The summed E-state index contributed by atoms with van der Waals surface area (Å²) in [5, 5.41) is 9.48. The molecular formula is C28H40N2S. The average Bonchev–Trinajstić information content (AvgIpc) is 2.75. The minimum Gasteiger partial charge on any atom is -0.261 e. The van der Waals surface area contributed by atoms with Crippen LogP contribution in [0, 0.1) is 30.6 Å². The van der Waals surface area contributed by atoms with Crippen LogP contribution in [-0.2, 0) is 11.8 Å². The fourth-order valence-electron chi connectivity index (χ4n) is 4.62. The first-order chi connectivity index (χ1) is 14.7. The van der Waals surface area contributed by atoms with Crippen LogP contribution in [0.15, 0.2) is 36.4 Å². The lowest BCUT2D eigenvalue weighted by Gasteiger charge is -2.45. The van der Waals surface area contributed by atoms with Crippen LogP contribution in [0.5, 0.6) is 0 Å². The second-order valence-corrected chi connectivity index (χ2v) is 10.3. The van der Waals surface area contributed by atoms with Crippen LogP contribution in [0.2, 0.25) is 0 Å². The summed E-state index contributed by atoms with van der Waals surface area (Å²) < 4.78 is 3.49. The summed E-state index contributed by atoms with van der Waals surface area (Å²) in [6.07, 6.45) is 7.08. The van der Waals surface area contributed by atoms with Gasteiger partial charge < -0.3 is 0 Å². The van der Waals surface area contributed by atoms with Crippen molar-refractivity contribution < 1.29 is 0 Å². The van der Waals surface area contributed by atoms with Gasteiger partial charge in [0.2, 0.25) is 0 Å². The van der Waals surface area contributed by atoms with Crippen molar-refractivity contribution in [1.29, 1.82) is 5.26 Å². The van der Waals surface area contributed by atoms with E-state index >= 15 is 0 Å². The molecule has 0 atom stereocenters. The van der Waals surface area contributed by atoms with Gasteiger partial charge >= 0.3 is 0 Å². The Kier molecular flexibility index (Phi) is 8.81. The van der Waals surface area contributed by atoms with Gasteiger partial charge in [-0.1, -0.05) is 76.9 Å². The Morgan fingerprint density at radius 1 is 1.10 bits per heavy atom. The highest BCUT2D eigenvalue weighted by atomic mass is 32.2. The third kappa shape index (κ3) is 5.93. The van der Waals surface area contributed by atoms with Crippen LogP contribution in [-0.4, -0.2) is 12.3 Å². The van der Waals surface area contributed by atoms with Crippen LogP contribution < -0.4 is 4.72 Å². The van der Waals surface area contributed by atoms with Gasteiger partial charge in [-0.3, -0.25) is 4.72 Å². The fourth-order valence-corrected chi connectivity index (χ4v) is 5.12.